The molecule has 3 aromatic heterocycles. The number of aromatic nitrogens is 5. The zero-order valence-electron chi connectivity index (χ0n) is 23.6. The molecule has 214 valence electrons. The molecule has 2 atom stereocenters. The number of anilines is 1. The number of rotatable bonds is 6. The van der Waals surface area contributed by atoms with E-state index >= 15 is 0 Å². The molecule has 0 radical (unpaired) electrons. The van der Waals surface area contributed by atoms with Gasteiger partial charge in [0.05, 0.1) is 5.52 Å². The van der Waals surface area contributed by atoms with Gasteiger partial charge in [0.25, 0.3) is 0 Å². The molecule has 5 rings (SSSR count). The number of nitrogens with one attached hydrogen (secondary N) is 2. The summed E-state index contributed by atoms with van der Waals surface area (Å²) in [5.41, 5.74) is 4.08. The number of hydrogen-bond donors (Lipinski definition) is 2. The first kappa shape index (κ1) is 29.8. The highest BCUT2D eigenvalue weighted by molar-refractivity contribution is 9.10. The second-order valence-corrected chi connectivity index (χ2v) is 11.2. The summed E-state index contributed by atoms with van der Waals surface area (Å²) in [6, 6.07) is 7.73. The first-order valence-electron chi connectivity index (χ1n) is 13.2. The molecule has 0 aliphatic carbocycles. The van der Waals surface area contributed by atoms with E-state index in [1.807, 2.05) is 43.0 Å². The lowest BCUT2D eigenvalue weighted by Crippen LogP contribution is -2.36. The number of hydrogen-bond acceptors (Lipinski definition) is 7. The van der Waals surface area contributed by atoms with Gasteiger partial charge in [0.1, 0.15) is 22.7 Å². The van der Waals surface area contributed by atoms with Crippen LogP contribution in [0.4, 0.5) is 5.82 Å². The third kappa shape index (κ3) is 6.76. The van der Waals surface area contributed by atoms with Crippen molar-refractivity contribution >= 4 is 50.8 Å². The summed E-state index contributed by atoms with van der Waals surface area (Å²) in [6.45, 7) is 10.4. The zero-order chi connectivity index (χ0) is 29.8. The van der Waals surface area contributed by atoms with Crippen LogP contribution in [0.5, 0.6) is 0 Å². The molecule has 11 nitrogen and oxygen atoms in total. The number of carbonyl (C=O) groups is 3. The molecule has 1 fully saturated rings. The standard InChI is InChI=1S/C22H25N5O3.C7H7BrN2O/c1-12-5-14(3)26(10-12)19(29)11-27-21-13(2)6-16(17-8-23-22(30)24-9-17)7-18(21)20(25-27)15(4)28;1-5-2-3-6(8)10-7(5)9-4-11/h6-9,12,14H,5,10-11H2,1-4H3,(H,23,24,30);2-4H,1H3,(H,9,10,11). The topological polar surface area (TPSA) is 143 Å². The minimum Gasteiger partial charge on any atom is -0.338 e. The van der Waals surface area contributed by atoms with Gasteiger partial charge in [-0.2, -0.15) is 5.10 Å². The quantitative estimate of drug-likeness (QED) is 0.186. The zero-order valence-corrected chi connectivity index (χ0v) is 25.2. The molecule has 2 unspecified atom stereocenters. The summed E-state index contributed by atoms with van der Waals surface area (Å²) >= 11 is 3.20. The SMILES string of the molecule is CC(=O)c1nn(CC(=O)N2CC(C)CC2C)c2c(C)cc(-c3cnc(=O)[nH]c3)cc12.Cc1ccc(Br)nc1NC=O. The van der Waals surface area contributed by atoms with Crippen LogP contribution >= 0.6 is 15.9 Å². The van der Waals surface area contributed by atoms with Crippen molar-refractivity contribution in [3.05, 3.63) is 68.6 Å². The summed E-state index contributed by atoms with van der Waals surface area (Å²) in [4.78, 5) is 58.9. The minimum atomic E-state index is -0.419. The van der Waals surface area contributed by atoms with Gasteiger partial charge in [0, 0.05) is 42.9 Å². The molecule has 1 aliphatic heterocycles. The van der Waals surface area contributed by atoms with Crippen molar-refractivity contribution < 1.29 is 14.4 Å². The first-order chi connectivity index (χ1) is 19.5. The maximum atomic E-state index is 13.0. The average Bonchev–Trinajstić information content (AvgIpc) is 3.46. The van der Waals surface area contributed by atoms with Gasteiger partial charge in [-0.3, -0.25) is 19.1 Å². The van der Waals surface area contributed by atoms with Gasteiger partial charge in [-0.15, -0.1) is 0 Å². The van der Waals surface area contributed by atoms with E-state index in [2.05, 4.69) is 55.1 Å². The Morgan fingerprint density at radius 3 is 2.54 bits per heavy atom. The Kier molecular flexibility index (Phi) is 9.11. The number of halogens is 1. The van der Waals surface area contributed by atoms with Crippen molar-refractivity contribution in [1.29, 1.82) is 0 Å². The van der Waals surface area contributed by atoms with Crippen LogP contribution in [0, 0.1) is 19.8 Å². The molecule has 1 saturated heterocycles. The third-order valence-electron chi connectivity index (χ3n) is 7.02. The largest absolute Gasteiger partial charge is 0.344 e. The fourth-order valence-corrected chi connectivity index (χ4v) is 5.45. The van der Waals surface area contributed by atoms with Crippen LogP contribution in [0.2, 0.25) is 0 Å². The number of aryl methyl sites for hydroxylation is 2. The predicted molar refractivity (Wildman–Crippen MR) is 160 cm³/mol. The predicted octanol–water partition coefficient (Wildman–Crippen LogP) is 4.28. The number of pyridine rings is 1. The minimum absolute atomic E-state index is 0.0136. The first-order valence-corrected chi connectivity index (χ1v) is 14.0. The Bertz CT molecular complexity index is 1660. The third-order valence-corrected chi connectivity index (χ3v) is 7.46. The Balaban J connectivity index is 0.000000296. The summed E-state index contributed by atoms with van der Waals surface area (Å²) in [5, 5.41) is 7.69. The van der Waals surface area contributed by atoms with Gasteiger partial charge in [-0.1, -0.05) is 13.0 Å². The smallest absolute Gasteiger partial charge is 0.338 e. The molecule has 0 spiro atoms. The van der Waals surface area contributed by atoms with E-state index in [0.29, 0.717) is 33.8 Å². The number of fused-ring (bicyclic) bond motifs is 1. The summed E-state index contributed by atoms with van der Waals surface area (Å²) in [7, 11) is 0. The van der Waals surface area contributed by atoms with Crippen LogP contribution in [-0.4, -0.2) is 60.3 Å². The molecular weight excluding hydrogens is 590 g/mol. The average molecular weight is 623 g/mol. The lowest BCUT2D eigenvalue weighted by Gasteiger charge is -2.21. The Hall–Kier alpha value is -4.19. The molecule has 2 N–H and O–H groups in total. The van der Waals surface area contributed by atoms with E-state index in [1.165, 1.54) is 13.1 Å². The number of aromatic amines is 1. The maximum Gasteiger partial charge on any atom is 0.344 e. The lowest BCUT2D eigenvalue weighted by atomic mass is 10.0. The lowest BCUT2D eigenvalue weighted by molar-refractivity contribution is -0.132. The van der Waals surface area contributed by atoms with Crippen molar-refractivity contribution in [1.82, 2.24) is 29.6 Å². The number of ketones is 1. The van der Waals surface area contributed by atoms with Gasteiger partial charge >= 0.3 is 5.69 Å². The highest BCUT2D eigenvalue weighted by atomic mass is 79.9. The number of benzene rings is 1. The van der Waals surface area contributed by atoms with Crippen LogP contribution in [-0.2, 0) is 16.1 Å². The van der Waals surface area contributed by atoms with Gasteiger partial charge < -0.3 is 15.2 Å². The van der Waals surface area contributed by atoms with Crippen LogP contribution in [0.25, 0.3) is 22.0 Å². The Labute approximate surface area is 245 Å². The second kappa shape index (κ2) is 12.5. The van der Waals surface area contributed by atoms with E-state index in [4.69, 9.17) is 0 Å². The highest BCUT2D eigenvalue weighted by Gasteiger charge is 2.30. The van der Waals surface area contributed by atoms with Crippen molar-refractivity contribution in [3.8, 4) is 11.1 Å². The molecule has 41 heavy (non-hydrogen) atoms. The fourth-order valence-electron chi connectivity index (χ4n) is 5.14. The number of nitrogens with zero attached hydrogens (tertiary/aromatic N) is 5. The van der Waals surface area contributed by atoms with E-state index in [9.17, 15) is 19.2 Å². The van der Waals surface area contributed by atoms with Crippen LogP contribution in [0.3, 0.4) is 0 Å². The van der Waals surface area contributed by atoms with Crippen LogP contribution in [0.1, 0.15) is 48.8 Å². The Morgan fingerprint density at radius 2 is 1.93 bits per heavy atom. The van der Waals surface area contributed by atoms with E-state index in [-0.39, 0.29) is 24.3 Å². The molecule has 1 aromatic carbocycles. The molecule has 0 bridgehead atoms. The second-order valence-electron chi connectivity index (χ2n) is 10.4. The molecular formula is C29H32BrN7O4. The molecule has 2 amide bonds. The number of H-pyrrole nitrogens is 1. The molecule has 4 aromatic rings. The van der Waals surface area contributed by atoms with E-state index in [1.54, 1.807) is 10.9 Å². The molecule has 12 heteroatoms. The fraction of sp³-hybridized carbons (Fsp3) is 0.345. The van der Waals surface area contributed by atoms with E-state index < -0.39 is 5.69 Å². The number of Topliss-reactive ketones (excluding diaryl/α,β-unsaturated/α-hetero) is 1. The van der Waals surface area contributed by atoms with E-state index in [0.717, 1.165) is 40.7 Å². The maximum absolute atomic E-state index is 13.0. The number of amides is 2. The Morgan fingerprint density at radius 1 is 1.17 bits per heavy atom. The number of carbonyl (C=O) groups excluding carboxylic acids is 3. The van der Waals surface area contributed by atoms with Crippen molar-refractivity contribution in [2.75, 3.05) is 11.9 Å². The van der Waals surface area contributed by atoms with Crippen LogP contribution in [0.15, 0.2) is 46.1 Å². The normalized spacial score (nSPS) is 16.3. The molecule has 1 aliphatic rings. The van der Waals surface area contributed by atoms with Gasteiger partial charge in [0.15, 0.2) is 5.78 Å². The van der Waals surface area contributed by atoms with Gasteiger partial charge in [-0.05, 0) is 83.9 Å². The number of likely N-dealkylation sites (tertiary alicyclic amines) is 1. The molecule has 4 heterocycles. The van der Waals surface area contributed by atoms with Gasteiger partial charge in [0.2, 0.25) is 12.3 Å². The van der Waals surface area contributed by atoms with Crippen LogP contribution < -0.4 is 11.0 Å². The highest BCUT2D eigenvalue weighted by Crippen LogP contribution is 2.30. The van der Waals surface area contributed by atoms with Crippen molar-refractivity contribution in [3.63, 3.8) is 0 Å². The summed E-state index contributed by atoms with van der Waals surface area (Å²) in [5.74, 6) is 0.931. The van der Waals surface area contributed by atoms with Crippen molar-refractivity contribution in [2.45, 2.75) is 53.6 Å². The van der Waals surface area contributed by atoms with Crippen molar-refractivity contribution in [2.24, 2.45) is 5.92 Å². The summed E-state index contributed by atoms with van der Waals surface area (Å²) < 4.78 is 2.36. The molecule has 0 saturated carbocycles. The monoisotopic (exact) mass is 621 g/mol. The summed E-state index contributed by atoms with van der Waals surface area (Å²) in [6.07, 6.45) is 4.70. The van der Waals surface area contributed by atoms with Gasteiger partial charge in [-0.25, -0.2) is 14.8 Å².